The van der Waals surface area contributed by atoms with Crippen molar-refractivity contribution in [1.29, 1.82) is 0 Å². The first-order chi connectivity index (χ1) is 16.5. The number of nitrogens with zero attached hydrogens (tertiary/aromatic N) is 3. The Kier molecular flexibility index (Phi) is 10.2. The van der Waals surface area contributed by atoms with Crippen LogP contribution in [0.25, 0.3) is 0 Å². The van der Waals surface area contributed by atoms with Crippen molar-refractivity contribution < 1.29 is 22.4 Å². The lowest BCUT2D eigenvalue weighted by Gasteiger charge is -2.34. The van der Waals surface area contributed by atoms with Crippen LogP contribution in [-0.2, 0) is 26.3 Å². The Morgan fingerprint density at radius 1 is 0.971 bits per heavy atom. The van der Waals surface area contributed by atoms with Gasteiger partial charge in [-0.3, -0.25) is 9.59 Å². The second kappa shape index (κ2) is 12.6. The fraction of sp³-hybridized carbons (Fsp3) is 0.440. The number of benzene rings is 2. The molecule has 2 atom stereocenters. The molecular formula is C25H35FN4O4S. The summed E-state index contributed by atoms with van der Waals surface area (Å²) in [6.07, 6.45) is 1.08. The van der Waals surface area contributed by atoms with Gasteiger partial charge in [-0.2, -0.15) is 12.7 Å². The van der Waals surface area contributed by atoms with Gasteiger partial charge in [-0.15, -0.1) is 0 Å². The number of amides is 2. The van der Waals surface area contributed by atoms with E-state index in [-0.39, 0.29) is 24.2 Å². The predicted molar refractivity (Wildman–Crippen MR) is 135 cm³/mol. The minimum Gasteiger partial charge on any atom is -0.352 e. The van der Waals surface area contributed by atoms with E-state index in [1.807, 2.05) is 44.2 Å². The summed E-state index contributed by atoms with van der Waals surface area (Å²) < 4.78 is 41.6. The summed E-state index contributed by atoms with van der Waals surface area (Å²) in [6.45, 7) is 5.22. The molecule has 35 heavy (non-hydrogen) atoms. The van der Waals surface area contributed by atoms with Gasteiger partial charge < -0.3 is 10.2 Å². The summed E-state index contributed by atoms with van der Waals surface area (Å²) in [7, 11) is -1.38. The lowest BCUT2D eigenvalue weighted by molar-refractivity contribution is -0.140. The van der Waals surface area contributed by atoms with Crippen molar-refractivity contribution in [3.8, 4) is 0 Å². The van der Waals surface area contributed by atoms with Crippen molar-refractivity contribution in [2.24, 2.45) is 0 Å². The zero-order valence-electron chi connectivity index (χ0n) is 20.9. The third kappa shape index (κ3) is 7.50. The van der Waals surface area contributed by atoms with E-state index in [1.54, 1.807) is 6.92 Å². The van der Waals surface area contributed by atoms with Crippen molar-refractivity contribution >= 4 is 27.7 Å². The Bertz CT molecular complexity index is 1080. The van der Waals surface area contributed by atoms with Crippen LogP contribution in [0.5, 0.6) is 0 Å². The van der Waals surface area contributed by atoms with Gasteiger partial charge in [0, 0.05) is 26.7 Å². The summed E-state index contributed by atoms with van der Waals surface area (Å²) in [5, 5.41) is 2.93. The molecule has 0 fully saturated rings. The molecule has 10 heteroatoms. The van der Waals surface area contributed by atoms with Crippen molar-refractivity contribution in [3.63, 3.8) is 0 Å². The molecule has 8 nitrogen and oxygen atoms in total. The van der Waals surface area contributed by atoms with Crippen LogP contribution in [0.3, 0.4) is 0 Å². The van der Waals surface area contributed by atoms with Crippen LogP contribution >= 0.6 is 0 Å². The normalized spacial score (nSPS) is 13.2. The smallest absolute Gasteiger partial charge is 0.304 e. The van der Waals surface area contributed by atoms with Gasteiger partial charge in [0.2, 0.25) is 11.8 Å². The van der Waals surface area contributed by atoms with Gasteiger partial charge in [0.25, 0.3) is 0 Å². The molecule has 0 aliphatic heterocycles. The number of carbonyl (C=O) groups is 2. The van der Waals surface area contributed by atoms with E-state index in [2.05, 4.69) is 5.32 Å². The fourth-order valence-corrected chi connectivity index (χ4v) is 4.52. The van der Waals surface area contributed by atoms with Crippen LogP contribution in [0, 0.1) is 5.82 Å². The molecule has 2 amide bonds. The molecule has 2 rings (SSSR count). The topological polar surface area (TPSA) is 90.0 Å². The molecule has 0 heterocycles. The first-order valence-corrected chi connectivity index (χ1v) is 13.0. The number of rotatable bonds is 12. The van der Waals surface area contributed by atoms with Crippen LogP contribution in [0.1, 0.15) is 39.2 Å². The third-order valence-corrected chi connectivity index (χ3v) is 7.54. The average molecular weight is 507 g/mol. The Labute approximate surface area is 207 Å². The highest BCUT2D eigenvalue weighted by Gasteiger charge is 2.34. The maximum Gasteiger partial charge on any atom is 0.304 e. The number of hydrogen-bond donors (Lipinski definition) is 1. The lowest BCUT2D eigenvalue weighted by atomic mass is 10.1. The Morgan fingerprint density at radius 3 is 2.09 bits per heavy atom. The third-order valence-electron chi connectivity index (χ3n) is 5.72. The van der Waals surface area contributed by atoms with Crippen LogP contribution in [-0.4, -0.2) is 62.2 Å². The quantitative estimate of drug-likeness (QED) is 0.479. The van der Waals surface area contributed by atoms with Crippen LogP contribution in [0.4, 0.5) is 10.1 Å². The molecule has 192 valence electrons. The highest BCUT2D eigenvalue weighted by Crippen LogP contribution is 2.22. The molecule has 0 radical (unpaired) electrons. The first-order valence-electron chi connectivity index (χ1n) is 11.6. The van der Waals surface area contributed by atoms with Gasteiger partial charge in [-0.25, -0.2) is 8.70 Å². The first kappa shape index (κ1) is 28.3. The molecule has 1 N–H and O–H groups in total. The van der Waals surface area contributed by atoms with Gasteiger partial charge >= 0.3 is 10.2 Å². The Hall–Kier alpha value is -2.98. The molecule has 2 aromatic rings. The Morgan fingerprint density at radius 2 is 1.57 bits per heavy atom. The molecular weight excluding hydrogens is 471 g/mol. The van der Waals surface area contributed by atoms with E-state index in [9.17, 15) is 22.4 Å². The summed E-state index contributed by atoms with van der Waals surface area (Å²) in [4.78, 5) is 28.2. The SMILES string of the molecule is CC[C@H](C)NC(=O)[C@H](CC)N(Cc1ccccc1)C(=O)CN(c1ccc(F)cc1)S(=O)(=O)N(C)C. The molecule has 0 unspecified atom stereocenters. The maximum atomic E-state index is 13.7. The van der Waals surface area contributed by atoms with Gasteiger partial charge in [0.15, 0.2) is 0 Å². The van der Waals surface area contributed by atoms with E-state index >= 15 is 0 Å². The van der Waals surface area contributed by atoms with Crippen LogP contribution < -0.4 is 9.62 Å². The molecule has 0 saturated carbocycles. The summed E-state index contributed by atoms with van der Waals surface area (Å²) in [5.74, 6) is -1.37. The summed E-state index contributed by atoms with van der Waals surface area (Å²) in [5.41, 5.74) is 0.949. The van der Waals surface area contributed by atoms with Gasteiger partial charge in [-0.1, -0.05) is 44.2 Å². The number of carbonyl (C=O) groups excluding carboxylic acids is 2. The van der Waals surface area contributed by atoms with E-state index in [1.165, 1.54) is 31.1 Å². The highest BCUT2D eigenvalue weighted by molar-refractivity contribution is 7.90. The van der Waals surface area contributed by atoms with Crippen molar-refractivity contribution in [1.82, 2.24) is 14.5 Å². The molecule has 0 aliphatic carbocycles. The molecule has 0 bridgehead atoms. The number of halogens is 1. The van der Waals surface area contributed by atoms with Crippen LogP contribution in [0.15, 0.2) is 54.6 Å². The summed E-state index contributed by atoms with van der Waals surface area (Å²) in [6, 6.07) is 13.2. The highest BCUT2D eigenvalue weighted by atomic mass is 32.2. The number of hydrogen-bond acceptors (Lipinski definition) is 4. The minimum atomic E-state index is -4.09. The molecule has 0 saturated heterocycles. The zero-order valence-corrected chi connectivity index (χ0v) is 21.8. The molecule has 0 spiro atoms. The molecule has 0 aromatic heterocycles. The minimum absolute atomic E-state index is 0.0740. The van der Waals surface area contributed by atoms with E-state index < -0.39 is 34.5 Å². The fourth-order valence-electron chi connectivity index (χ4n) is 3.46. The lowest BCUT2D eigenvalue weighted by Crippen LogP contribution is -2.54. The predicted octanol–water partition coefficient (Wildman–Crippen LogP) is 3.16. The van der Waals surface area contributed by atoms with Crippen LogP contribution in [0.2, 0.25) is 0 Å². The zero-order chi connectivity index (χ0) is 26.2. The van der Waals surface area contributed by atoms with E-state index in [0.29, 0.717) is 6.42 Å². The van der Waals surface area contributed by atoms with E-state index in [4.69, 9.17) is 0 Å². The van der Waals surface area contributed by atoms with Gasteiger partial charge in [0.05, 0.1) is 5.69 Å². The second-order valence-electron chi connectivity index (χ2n) is 8.52. The largest absolute Gasteiger partial charge is 0.352 e. The maximum absolute atomic E-state index is 13.7. The van der Waals surface area contributed by atoms with E-state index in [0.717, 1.165) is 32.7 Å². The monoisotopic (exact) mass is 506 g/mol. The second-order valence-corrected chi connectivity index (χ2v) is 10.6. The molecule has 2 aromatic carbocycles. The number of nitrogens with one attached hydrogen (secondary N) is 1. The molecule has 0 aliphatic rings. The average Bonchev–Trinajstić information content (AvgIpc) is 2.83. The van der Waals surface area contributed by atoms with Crippen molar-refractivity contribution in [2.45, 2.75) is 52.2 Å². The number of anilines is 1. The Balaban J connectivity index is 2.47. The van der Waals surface area contributed by atoms with Crippen molar-refractivity contribution in [2.75, 3.05) is 24.9 Å². The van der Waals surface area contributed by atoms with Gasteiger partial charge in [-0.05, 0) is 49.6 Å². The summed E-state index contributed by atoms with van der Waals surface area (Å²) >= 11 is 0. The van der Waals surface area contributed by atoms with Crippen molar-refractivity contribution in [3.05, 3.63) is 66.0 Å². The standard InChI is InChI=1S/C25H35FN4O4S/c1-6-19(3)27-25(32)23(7-2)29(17-20-11-9-8-10-12-20)24(31)18-30(35(33,34)28(4)5)22-15-13-21(26)14-16-22/h8-16,19,23H,6-7,17-18H2,1-5H3,(H,27,32)/t19-,23-/m0/s1. The van der Waals surface area contributed by atoms with Gasteiger partial charge in [0.1, 0.15) is 18.4 Å².